The Balaban J connectivity index is 3.29. The zero-order valence-electron chi connectivity index (χ0n) is 11.3. The Morgan fingerprint density at radius 1 is 1.00 bits per heavy atom. The monoisotopic (exact) mass is 313 g/mol. The first-order chi connectivity index (χ1) is 9.45. The number of benzene rings is 1. The van der Waals surface area contributed by atoms with Crippen LogP contribution in [0.5, 0.6) is 0 Å². The van der Waals surface area contributed by atoms with Gasteiger partial charge in [0, 0.05) is 20.0 Å². The topological polar surface area (TPSA) is 20.3 Å². The first-order valence-corrected chi connectivity index (χ1v) is 5.99. The second-order valence-corrected chi connectivity index (χ2v) is 4.45. The minimum Gasteiger partial charge on any atom is -0.339 e. The number of nitrogens with zero attached hydrogens (tertiary/aromatic N) is 1. The highest BCUT2D eigenvalue weighted by Gasteiger charge is 2.36. The van der Waals surface area contributed by atoms with E-state index in [1.54, 1.807) is 6.92 Å². The van der Waals surface area contributed by atoms with Gasteiger partial charge < -0.3 is 4.90 Å². The fourth-order valence-electron chi connectivity index (χ4n) is 1.78. The summed E-state index contributed by atoms with van der Waals surface area (Å²) in [4.78, 5) is 12.4. The maximum Gasteiger partial charge on any atom is 0.416 e. The molecule has 1 aromatic rings. The van der Waals surface area contributed by atoms with Gasteiger partial charge in [-0.2, -0.15) is 26.3 Å². The van der Waals surface area contributed by atoms with Crippen LogP contribution in [0.2, 0.25) is 0 Å². The Morgan fingerprint density at radius 2 is 1.43 bits per heavy atom. The van der Waals surface area contributed by atoms with Crippen molar-refractivity contribution in [1.29, 1.82) is 0 Å². The number of amides is 1. The molecule has 1 rings (SSSR count). The number of halogens is 6. The van der Waals surface area contributed by atoms with Crippen LogP contribution >= 0.6 is 0 Å². The lowest BCUT2D eigenvalue weighted by Crippen LogP contribution is -2.28. The molecule has 0 heterocycles. The molecule has 0 aliphatic heterocycles. The molecule has 0 fully saturated rings. The molecule has 2 nitrogen and oxygen atoms in total. The molecule has 0 aromatic heterocycles. The van der Waals surface area contributed by atoms with Crippen molar-refractivity contribution >= 4 is 5.91 Å². The second kappa shape index (κ2) is 5.95. The first-order valence-electron chi connectivity index (χ1n) is 5.99. The van der Waals surface area contributed by atoms with Crippen molar-refractivity contribution in [2.45, 2.75) is 32.7 Å². The van der Waals surface area contributed by atoms with Gasteiger partial charge in [0.25, 0.3) is 0 Å². The molecule has 0 unspecified atom stereocenters. The Kier molecular flexibility index (Phi) is 4.91. The van der Waals surface area contributed by atoms with Crippen LogP contribution in [-0.2, 0) is 23.7 Å². The van der Waals surface area contributed by atoms with E-state index < -0.39 is 29.4 Å². The lowest BCUT2D eigenvalue weighted by atomic mass is 10.0. The van der Waals surface area contributed by atoms with Crippen molar-refractivity contribution in [2.24, 2.45) is 0 Å². The predicted molar refractivity (Wildman–Crippen MR) is 63.2 cm³/mol. The highest BCUT2D eigenvalue weighted by molar-refractivity contribution is 5.73. The molecule has 1 amide bonds. The Hall–Kier alpha value is -1.73. The van der Waals surface area contributed by atoms with Crippen molar-refractivity contribution in [1.82, 2.24) is 4.90 Å². The molecule has 21 heavy (non-hydrogen) atoms. The minimum atomic E-state index is -4.89. The third-order valence-electron chi connectivity index (χ3n) is 2.85. The van der Waals surface area contributed by atoms with Crippen LogP contribution < -0.4 is 0 Å². The maximum atomic E-state index is 12.7. The van der Waals surface area contributed by atoms with Gasteiger partial charge in [0.1, 0.15) is 0 Å². The Labute approximate surface area is 117 Å². The van der Waals surface area contributed by atoms with Gasteiger partial charge in [-0.25, -0.2) is 0 Å². The van der Waals surface area contributed by atoms with Crippen LogP contribution in [0, 0.1) is 0 Å². The van der Waals surface area contributed by atoms with Crippen molar-refractivity contribution in [3.05, 3.63) is 34.9 Å². The van der Waals surface area contributed by atoms with Gasteiger partial charge in [-0.3, -0.25) is 4.79 Å². The first kappa shape index (κ1) is 17.3. The Morgan fingerprint density at radius 3 is 1.71 bits per heavy atom. The number of hydrogen-bond donors (Lipinski definition) is 0. The van der Waals surface area contributed by atoms with Gasteiger partial charge >= 0.3 is 12.4 Å². The van der Waals surface area contributed by atoms with Crippen LogP contribution in [0.1, 0.15) is 30.5 Å². The molecule has 0 saturated heterocycles. The quantitative estimate of drug-likeness (QED) is 0.770. The van der Waals surface area contributed by atoms with Gasteiger partial charge in [0.2, 0.25) is 5.91 Å². The third-order valence-corrected chi connectivity index (χ3v) is 2.85. The number of rotatable bonds is 3. The van der Waals surface area contributed by atoms with Crippen LogP contribution in [0.15, 0.2) is 18.2 Å². The molecule has 118 valence electrons. The lowest BCUT2D eigenvalue weighted by molar-refractivity contribution is -0.143. The molecule has 0 radical (unpaired) electrons. The molecule has 0 N–H and O–H groups in total. The van der Waals surface area contributed by atoms with Crippen LogP contribution in [0.4, 0.5) is 26.3 Å². The summed E-state index contributed by atoms with van der Waals surface area (Å²) in [5, 5.41) is 0. The largest absolute Gasteiger partial charge is 0.416 e. The van der Waals surface area contributed by atoms with Crippen molar-refractivity contribution in [3.8, 4) is 0 Å². The fourth-order valence-corrected chi connectivity index (χ4v) is 1.78. The lowest BCUT2D eigenvalue weighted by Gasteiger charge is -2.21. The van der Waals surface area contributed by atoms with E-state index in [-0.39, 0.29) is 24.7 Å². The highest BCUT2D eigenvalue weighted by Crippen LogP contribution is 2.36. The number of hydrogen-bond acceptors (Lipinski definition) is 1. The zero-order valence-corrected chi connectivity index (χ0v) is 11.3. The van der Waals surface area contributed by atoms with E-state index >= 15 is 0 Å². The third kappa shape index (κ3) is 4.64. The summed E-state index contributed by atoms with van der Waals surface area (Å²) in [5.41, 5.74) is -2.98. The van der Waals surface area contributed by atoms with Crippen molar-refractivity contribution in [2.75, 3.05) is 6.54 Å². The molecule has 0 bridgehead atoms. The summed E-state index contributed by atoms with van der Waals surface area (Å²) in [6.45, 7) is 2.66. The van der Waals surface area contributed by atoms with E-state index in [0.717, 1.165) is 4.90 Å². The van der Waals surface area contributed by atoms with Crippen LogP contribution in [0.25, 0.3) is 0 Å². The standard InChI is InChI=1S/C13H13F6NO/c1-3-20(8(2)21)7-9-4-10(12(14,15)16)6-11(5-9)13(17,18)19/h4-6H,3,7H2,1-2H3. The average molecular weight is 313 g/mol. The van der Waals surface area contributed by atoms with Crippen LogP contribution in [0.3, 0.4) is 0 Å². The Bertz CT molecular complexity index is 488. The zero-order chi connectivity index (χ0) is 16.4. The summed E-state index contributed by atoms with van der Waals surface area (Å²) in [5.74, 6) is -0.427. The molecule has 0 spiro atoms. The van der Waals surface area contributed by atoms with E-state index in [2.05, 4.69) is 0 Å². The summed E-state index contributed by atoms with van der Waals surface area (Å²) in [6.07, 6.45) is -9.77. The van der Waals surface area contributed by atoms with Crippen molar-refractivity contribution in [3.63, 3.8) is 0 Å². The van der Waals surface area contributed by atoms with Gasteiger partial charge in [0.15, 0.2) is 0 Å². The smallest absolute Gasteiger partial charge is 0.339 e. The molecule has 0 saturated carbocycles. The van der Waals surface area contributed by atoms with Crippen LogP contribution in [-0.4, -0.2) is 17.4 Å². The average Bonchev–Trinajstić information content (AvgIpc) is 2.33. The van der Waals surface area contributed by atoms with E-state index in [9.17, 15) is 31.1 Å². The van der Waals surface area contributed by atoms with E-state index in [0.29, 0.717) is 12.1 Å². The van der Waals surface area contributed by atoms with E-state index in [1.165, 1.54) is 6.92 Å². The highest BCUT2D eigenvalue weighted by atomic mass is 19.4. The molecule has 1 aromatic carbocycles. The van der Waals surface area contributed by atoms with E-state index in [1.807, 2.05) is 0 Å². The predicted octanol–water partition coefficient (Wildman–Crippen LogP) is 4.09. The van der Waals surface area contributed by atoms with Gasteiger partial charge in [-0.15, -0.1) is 0 Å². The SMILES string of the molecule is CCN(Cc1cc(C(F)(F)F)cc(C(F)(F)F)c1)C(C)=O. The summed E-state index contributed by atoms with van der Waals surface area (Å²) in [7, 11) is 0. The molecular formula is C13H13F6NO. The summed E-state index contributed by atoms with van der Waals surface area (Å²) < 4.78 is 76.0. The van der Waals surface area contributed by atoms with E-state index in [4.69, 9.17) is 0 Å². The number of alkyl halides is 6. The van der Waals surface area contributed by atoms with Crippen molar-refractivity contribution < 1.29 is 31.1 Å². The molecular weight excluding hydrogens is 300 g/mol. The molecule has 0 aliphatic carbocycles. The van der Waals surface area contributed by atoms with Gasteiger partial charge in [0.05, 0.1) is 11.1 Å². The maximum absolute atomic E-state index is 12.7. The second-order valence-electron chi connectivity index (χ2n) is 4.45. The number of carbonyl (C=O) groups excluding carboxylic acids is 1. The minimum absolute atomic E-state index is 0.0630. The fraction of sp³-hybridized carbons (Fsp3) is 0.462. The normalized spacial score (nSPS) is 12.4. The van der Waals surface area contributed by atoms with Gasteiger partial charge in [-0.1, -0.05) is 0 Å². The van der Waals surface area contributed by atoms with Gasteiger partial charge in [-0.05, 0) is 30.7 Å². The molecule has 0 atom stereocenters. The summed E-state index contributed by atoms with van der Waals surface area (Å²) in [6, 6.07) is 1.31. The number of carbonyl (C=O) groups is 1. The summed E-state index contributed by atoms with van der Waals surface area (Å²) >= 11 is 0. The molecule has 0 aliphatic rings. The molecule has 8 heteroatoms.